The summed E-state index contributed by atoms with van der Waals surface area (Å²) < 4.78 is 5.65. The Balaban J connectivity index is 1.65. The van der Waals surface area contributed by atoms with Crippen LogP contribution in [0.25, 0.3) is 0 Å². The third-order valence-corrected chi connectivity index (χ3v) is 5.01. The predicted molar refractivity (Wildman–Crippen MR) is 114 cm³/mol. The number of nitrogens with zero attached hydrogens (tertiary/aromatic N) is 2. The minimum Gasteiger partial charge on any atom is -0.492 e. The molecule has 154 valence electrons. The zero-order valence-electron chi connectivity index (χ0n) is 17.4. The number of hydrogen-bond donors (Lipinski definition) is 1. The number of rotatable bonds is 8. The Kier molecular flexibility index (Phi) is 6.88. The molecule has 0 aliphatic carbocycles. The van der Waals surface area contributed by atoms with Gasteiger partial charge in [-0.3, -0.25) is 9.59 Å². The molecule has 0 aromatic heterocycles. The van der Waals surface area contributed by atoms with Gasteiger partial charge >= 0.3 is 0 Å². The SMILES string of the molecule is CCOc1ccccc1N1C[C@@H](C(=O)NCc2ccccc2CN(C)C)CC1=O. The van der Waals surface area contributed by atoms with E-state index in [1.165, 1.54) is 5.56 Å². The van der Waals surface area contributed by atoms with Gasteiger partial charge < -0.3 is 19.9 Å². The van der Waals surface area contributed by atoms with Crippen LogP contribution in [-0.2, 0) is 22.7 Å². The molecule has 3 rings (SSSR count). The normalized spacial score (nSPS) is 16.3. The molecule has 1 fully saturated rings. The first-order valence-electron chi connectivity index (χ1n) is 10.0. The van der Waals surface area contributed by atoms with E-state index in [0.29, 0.717) is 25.4 Å². The maximum Gasteiger partial charge on any atom is 0.227 e. The van der Waals surface area contributed by atoms with E-state index in [4.69, 9.17) is 4.74 Å². The lowest BCUT2D eigenvalue weighted by molar-refractivity contribution is -0.126. The smallest absolute Gasteiger partial charge is 0.227 e. The Bertz CT molecular complexity index is 866. The van der Waals surface area contributed by atoms with E-state index in [0.717, 1.165) is 17.8 Å². The highest BCUT2D eigenvalue weighted by Crippen LogP contribution is 2.33. The first kappa shape index (κ1) is 20.9. The van der Waals surface area contributed by atoms with Crippen molar-refractivity contribution in [1.82, 2.24) is 10.2 Å². The lowest BCUT2D eigenvalue weighted by Crippen LogP contribution is -2.33. The first-order chi connectivity index (χ1) is 14.0. The number of para-hydroxylation sites is 2. The lowest BCUT2D eigenvalue weighted by atomic mass is 10.1. The number of ether oxygens (including phenoxy) is 1. The summed E-state index contributed by atoms with van der Waals surface area (Å²) >= 11 is 0. The Morgan fingerprint density at radius 1 is 1.14 bits per heavy atom. The Labute approximate surface area is 172 Å². The van der Waals surface area contributed by atoms with Gasteiger partial charge in [-0.15, -0.1) is 0 Å². The van der Waals surface area contributed by atoms with Crippen LogP contribution in [0, 0.1) is 5.92 Å². The van der Waals surface area contributed by atoms with Crippen LogP contribution in [0.4, 0.5) is 5.69 Å². The predicted octanol–water partition coefficient (Wildman–Crippen LogP) is 2.82. The van der Waals surface area contributed by atoms with Crippen molar-refractivity contribution < 1.29 is 14.3 Å². The summed E-state index contributed by atoms with van der Waals surface area (Å²) in [5, 5.41) is 3.02. The molecule has 0 saturated carbocycles. The van der Waals surface area contributed by atoms with E-state index in [1.54, 1.807) is 4.90 Å². The quantitative estimate of drug-likeness (QED) is 0.747. The van der Waals surface area contributed by atoms with E-state index in [9.17, 15) is 9.59 Å². The Hall–Kier alpha value is -2.86. The highest BCUT2D eigenvalue weighted by Gasteiger charge is 2.36. The molecule has 0 unspecified atom stereocenters. The maximum atomic E-state index is 12.8. The van der Waals surface area contributed by atoms with Crippen LogP contribution in [0.2, 0.25) is 0 Å². The topological polar surface area (TPSA) is 61.9 Å². The number of carbonyl (C=O) groups excluding carboxylic acids is 2. The van der Waals surface area contributed by atoms with E-state index >= 15 is 0 Å². The highest BCUT2D eigenvalue weighted by atomic mass is 16.5. The van der Waals surface area contributed by atoms with Crippen molar-refractivity contribution in [3.8, 4) is 5.75 Å². The zero-order valence-corrected chi connectivity index (χ0v) is 17.4. The van der Waals surface area contributed by atoms with Gasteiger partial charge in [0.05, 0.1) is 18.2 Å². The summed E-state index contributed by atoms with van der Waals surface area (Å²) in [5.41, 5.74) is 3.01. The van der Waals surface area contributed by atoms with Crippen molar-refractivity contribution in [2.24, 2.45) is 5.92 Å². The van der Waals surface area contributed by atoms with Gasteiger partial charge in [-0.25, -0.2) is 0 Å². The molecule has 2 amide bonds. The van der Waals surface area contributed by atoms with Gasteiger partial charge in [-0.05, 0) is 44.3 Å². The highest BCUT2D eigenvalue weighted by molar-refractivity contribution is 6.01. The second-order valence-corrected chi connectivity index (χ2v) is 7.53. The van der Waals surface area contributed by atoms with Crippen LogP contribution < -0.4 is 15.0 Å². The molecule has 1 N–H and O–H groups in total. The summed E-state index contributed by atoms with van der Waals surface area (Å²) in [7, 11) is 4.04. The molecule has 1 heterocycles. The van der Waals surface area contributed by atoms with Crippen LogP contribution in [0.1, 0.15) is 24.5 Å². The molecule has 29 heavy (non-hydrogen) atoms. The molecule has 1 saturated heterocycles. The largest absolute Gasteiger partial charge is 0.492 e. The third kappa shape index (κ3) is 5.15. The maximum absolute atomic E-state index is 12.8. The second-order valence-electron chi connectivity index (χ2n) is 7.53. The molecular formula is C23H29N3O3. The van der Waals surface area contributed by atoms with Crippen molar-refractivity contribution in [2.75, 3.05) is 32.1 Å². The van der Waals surface area contributed by atoms with Crippen molar-refractivity contribution in [2.45, 2.75) is 26.4 Å². The number of hydrogen-bond acceptors (Lipinski definition) is 4. The Morgan fingerprint density at radius 3 is 2.55 bits per heavy atom. The average molecular weight is 396 g/mol. The molecule has 2 aromatic rings. The van der Waals surface area contributed by atoms with Gasteiger partial charge in [0, 0.05) is 26.1 Å². The van der Waals surface area contributed by atoms with Gasteiger partial charge in [-0.2, -0.15) is 0 Å². The molecule has 1 aliphatic rings. The zero-order chi connectivity index (χ0) is 20.8. The van der Waals surface area contributed by atoms with Crippen molar-refractivity contribution in [3.05, 3.63) is 59.7 Å². The summed E-state index contributed by atoms with van der Waals surface area (Å²) in [6, 6.07) is 15.6. The number of benzene rings is 2. The van der Waals surface area contributed by atoms with Crippen LogP contribution in [0.5, 0.6) is 5.75 Å². The van der Waals surface area contributed by atoms with Crippen molar-refractivity contribution in [1.29, 1.82) is 0 Å². The third-order valence-electron chi connectivity index (χ3n) is 5.01. The minimum atomic E-state index is -0.363. The molecule has 6 heteroatoms. The standard InChI is InChI=1S/C23H29N3O3/c1-4-29-21-12-8-7-11-20(21)26-16-19(13-22(26)27)23(28)24-14-17-9-5-6-10-18(17)15-25(2)3/h5-12,19H,4,13-16H2,1-3H3,(H,24,28)/t19-/m0/s1. The average Bonchev–Trinajstić information content (AvgIpc) is 3.09. The number of carbonyl (C=O) groups is 2. The molecule has 1 aliphatic heterocycles. The van der Waals surface area contributed by atoms with Gasteiger partial charge in [0.1, 0.15) is 5.75 Å². The van der Waals surface area contributed by atoms with E-state index in [1.807, 2.05) is 63.5 Å². The summed E-state index contributed by atoms with van der Waals surface area (Å²) in [5.74, 6) is 0.167. The number of amides is 2. The molecular weight excluding hydrogens is 366 g/mol. The molecule has 6 nitrogen and oxygen atoms in total. The van der Waals surface area contributed by atoms with E-state index in [2.05, 4.69) is 16.3 Å². The van der Waals surface area contributed by atoms with Gasteiger partial charge in [0.2, 0.25) is 11.8 Å². The van der Waals surface area contributed by atoms with Crippen molar-refractivity contribution >= 4 is 17.5 Å². The van der Waals surface area contributed by atoms with Crippen molar-refractivity contribution in [3.63, 3.8) is 0 Å². The second kappa shape index (κ2) is 9.56. The first-order valence-corrected chi connectivity index (χ1v) is 10.0. The number of anilines is 1. The van der Waals surface area contributed by atoms with Crippen LogP contribution >= 0.6 is 0 Å². The van der Waals surface area contributed by atoms with Crippen LogP contribution in [0.3, 0.4) is 0 Å². The summed E-state index contributed by atoms with van der Waals surface area (Å²) in [6.45, 7) is 4.08. The summed E-state index contributed by atoms with van der Waals surface area (Å²) in [4.78, 5) is 29.1. The molecule has 2 aromatic carbocycles. The fourth-order valence-corrected chi connectivity index (χ4v) is 3.63. The van der Waals surface area contributed by atoms with Crippen LogP contribution in [-0.4, -0.2) is 44.0 Å². The minimum absolute atomic E-state index is 0.0506. The lowest BCUT2D eigenvalue weighted by Gasteiger charge is -2.20. The fourth-order valence-electron chi connectivity index (χ4n) is 3.63. The number of nitrogens with one attached hydrogen (secondary N) is 1. The van der Waals surface area contributed by atoms with Gasteiger partial charge in [0.25, 0.3) is 0 Å². The Morgan fingerprint density at radius 2 is 1.83 bits per heavy atom. The molecule has 0 bridgehead atoms. The van der Waals surface area contributed by atoms with E-state index < -0.39 is 0 Å². The molecule has 1 atom stereocenters. The van der Waals surface area contributed by atoms with Gasteiger partial charge in [-0.1, -0.05) is 36.4 Å². The van der Waals surface area contributed by atoms with Gasteiger partial charge in [0.15, 0.2) is 0 Å². The fraction of sp³-hybridized carbons (Fsp3) is 0.391. The summed E-state index contributed by atoms with van der Waals surface area (Å²) in [6.07, 6.45) is 0.214. The van der Waals surface area contributed by atoms with Crippen LogP contribution in [0.15, 0.2) is 48.5 Å². The monoisotopic (exact) mass is 395 g/mol. The molecule has 0 radical (unpaired) electrons. The van der Waals surface area contributed by atoms with E-state index in [-0.39, 0.29) is 24.2 Å². The molecule has 0 spiro atoms.